The van der Waals surface area contributed by atoms with Crippen LogP contribution in [0.3, 0.4) is 0 Å². The van der Waals surface area contributed by atoms with Crippen molar-refractivity contribution in [3.05, 3.63) is 65.5 Å². The molecule has 0 saturated carbocycles. The van der Waals surface area contributed by atoms with Crippen molar-refractivity contribution in [3.8, 4) is 0 Å². The summed E-state index contributed by atoms with van der Waals surface area (Å²) in [5.74, 6) is 0.272. The Morgan fingerprint density at radius 3 is 2.59 bits per heavy atom. The lowest BCUT2D eigenvalue weighted by atomic mass is 10.0. The number of rotatable bonds is 7. The van der Waals surface area contributed by atoms with E-state index in [9.17, 15) is 9.59 Å². The number of carbonyl (C=O) groups is 2. The molecule has 27 heavy (non-hydrogen) atoms. The lowest BCUT2D eigenvalue weighted by molar-refractivity contribution is -0.141. The van der Waals surface area contributed by atoms with Crippen LogP contribution in [0.25, 0.3) is 11.0 Å². The summed E-state index contributed by atoms with van der Waals surface area (Å²) in [7, 11) is 1.35. The van der Waals surface area contributed by atoms with Crippen LogP contribution in [-0.4, -0.2) is 29.0 Å². The van der Waals surface area contributed by atoms with Crippen molar-refractivity contribution < 1.29 is 14.3 Å². The topological polar surface area (TPSA) is 84.1 Å². The van der Waals surface area contributed by atoms with E-state index in [1.165, 1.54) is 7.11 Å². The summed E-state index contributed by atoms with van der Waals surface area (Å²) in [5.41, 5.74) is 3.84. The Hall–Kier alpha value is -3.15. The van der Waals surface area contributed by atoms with Gasteiger partial charge in [-0.05, 0) is 24.6 Å². The number of para-hydroxylation sites is 2. The Morgan fingerprint density at radius 2 is 1.89 bits per heavy atom. The van der Waals surface area contributed by atoms with Gasteiger partial charge in [-0.15, -0.1) is 0 Å². The fraction of sp³-hybridized carbons (Fsp3) is 0.286. The van der Waals surface area contributed by atoms with Gasteiger partial charge in [-0.2, -0.15) is 0 Å². The number of nitrogens with one attached hydrogen (secondary N) is 2. The number of benzene rings is 2. The minimum Gasteiger partial charge on any atom is -0.469 e. The summed E-state index contributed by atoms with van der Waals surface area (Å²) in [6.07, 6.45) is 0.874. The Kier molecular flexibility index (Phi) is 5.86. The Bertz CT molecular complexity index is 898. The predicted octanol–water partition coefficient (Wildman–Crippen LogP) is 3.22. The zero-order chi connectivity index (χ0) is 19.2. The minimum atomic E-state index is -0.416. The minimum absolute atomic E-state index is 0.0932. The quantitative estimate of drug-likeness (QED) is 0.630. The number of amides is 1. The molecule has 2 aromatic carbocycles. The molecule has 0 saturated heterocycles. The van der Waals surface area contributed by atoms with Crippen molar-refractivity contribution >= 4 is 22.9 Å². The van der Waals surface area contributed by atoms with E-state index >= 15 is 0 Å². The smallest absolute Gasteiger partial charge is 0.307 e. The van der Waals surface area contributed by atoms with E-state index in [1.54, 1.807) is 0 Å². The van der Waals surface area contributed by atoms with Gasteiger partial charge in [0.15, 0.2) is 0 Å². The van der Waals surface area contributed by atoms with Gasteiger partial charge in [0.1, 0.15) is 5.82 Å². The molecular formula is C21H23N3O3. The highest BCUT2D eigenvalue weighted by atomic mass is 16.5. The van der Waals surface area contributed by atoms with E-state index in [2.05, 4.69) is 15.3 Å². The van der Waals surface area contributed by atoms with E-state index in [0.29, 0.717) is 6.42 Å². The molecular weight excluding hydrogens is 342 g/mol. The number of aryl methyl sites for hydroxylation is 2. The van der Waals surface area contributed by atoms with Crippen LogP contribution in [-0.2, 0) is 20.7 Å². The van der Waals surface area contributed by atoms with E-state index in [0.717, 1.165) is 28.0 Å². The third-order valence-corrected chi connectivity index (χ3v) is 4.44. The van der Waals surface area contributed by atoms with Gasteiger partial charge in [0.25, 0.3) is 0 Å². The van der Waals surface area contributed by atoms with Crippen molar-refractivity contribution in [1.29, 1.82) is 0 Å². The van der Waals surface area contributed by atoms with Gasteiger partial charge in [0, 0.05) is 12.8 Å². The fourth-order valence-electron chi connectivity index (χ4n) is 2.92. The molecule has 0 aliphatic rings. The molecule has 1 aromatic heterocycles. The number of hydrogen-bond acceptors (Lipinski definition) is 4. The summed E-state index contributed by atoms with van der Waals surface area (Å²) in [4.78, 5) is 31.9. The normalized spacial score (nSPS) is 11.9. The summed E-state index contributed by atoms with van der Waals surface area (Å²) < 4.78 is 4.77. The largest absolute Gasteiger partial charge is 0.469 e. The number of fused-ring (bicyclic) bond motifs is 1. The van der Waals surface area contributed by atoms with Crippen LogP contribution in [0.15, 0.2) is 48.5 Å². The molecule has 0 unspecified atom stereocenters. The molecule has 1 atom stereocenters. The molecule has 6 nitrogen and oxygen atoms in total. The van der Waals surface area contributed by atoms with Crippen LogP contribution in [0, 0.1) is 6.92 Å². The van der Waals surface area contributed by atoms with Crippen molar-refractivity contribution in [1.82, 2.24) is 15.3 Å². The van der Waals surface area contributed by atoms with E-state index in [4.69, 9.17) is 4.74 Å². The molecule has 1 amide bonds. The first-order chi connectivity index (χ1) is 13.0. The Balaban J connectivity index is 1.64. The first kappa shape index (κ1) is 18.6. The second kappa shape index (κ2) is 8.49. The molecule has 0 radical (unpaired) electrons. The van der Waals surface area contributed by atoms with Gasteiger partial charge in [-0.1, -0.05) is 42.0 Å². The number of aromatic amines is 1. The average Bonchev–Trinajstić information content (AvgIpc) is 3.09. The molecule has 3 rings (SSSR count). The molecule has 0 aliphatic carbocycles. The molecule has 140 valence electrons. The number of imidazole rings is 1. The Labute approximate surface area is 158 Å². The molecule has 0 spiro atoms. The second-order valence-corrected chi connectivity index (χ2v) is 6.51. The van der Waals surface area contributed by atoms with Gasteiger partial charge in [-0.25, -0.2) is 4.98 Å². The van der Waals surface area contributed by atoms with Gasteiger partial charge in [-0.3, -0.25) is 9.59 Å². The van der Waals surface area contributed by atoms with Crippen molar-refractivity contribution in [3.63, 3.8) is 0 Å². The van der Waals surface area contributed by atoms with Gasteiger partial charge in [0.05, 0.1) is 30.6 Å². The molecule has 0 fully saturated rings. The first-order valence-corrected chi connectivity index (χ1v) is 8.91. The summed E-state index contributed by atoms with van der Waals surface area (Å²) in [5, 5.41) is 2.94. The van der Waals surface area contributed by atoms with Gasteiger partial charge < -0.3 is 15.0 Å². The number of H-pyrrole nitrogens is 1. The maximum atomic E-state index is 12.4. The highest BCUT2D eigenvalue weighted by Crippen LogP contribution is 2.19. The summed E-state index contributed by atoms with van der Waals surface area (Å²) in [6, 6.07) is 15.1. The number of nitrogens with zero attached hydrogens (tertiary/aromatic N) is 1. The number of methoxy groups -OCH3 is 1. The molecule has 6 heteroatoms. The van der Waals surface area contributed by atoms with E-state index < -0.39 is 6.04 Å². The third-order valence-electron chi connectivity index (χ3n) is 4.44. The molecule has 1 heterocycles. The lowest BCUT2D eigenvalue weighted by Crippen LogP contribution is -2.30. The van der Waals surface area contributed by atoms with Crippen LogP contribution in [0.4, 0.5) is 0 Å². The maximum Gasteiger partial charge on any atom is 0.307 e. The summed E-state index contributed by atoms with van der Waals surface area (Å²) in [6.45, 7) is 1.99. The maximum absolute atomic E-state index is 12.4. The number of esters is 1. The lowest BCUT2D eigenvalue weighted by Gasteiger charge is -2.18. The van der Waals surface area contributed by atoms with Crippen molar-refractivity contribution in [2.45, 2.75) is 32.2 Å². The first-order valence-electron chi connectivity index (χ1n) is 8.91. The molecule has 0 bridgehead atoms. The molecule has 0 aliphatic heterocycles. The van der Waals surface area contributed by atoms with Crippen molar-refractivity contribution in [2.75, 3.05) is 7.11 Å². The van der Waals surface area contributed by atoms with Crippen LogP contribution >= 0.6 is 0 Å². The highest BCUT2D eigenvalue weighted by Gasteiger charge is 2.19. The van der Waals surface area contributed by atoms with Gasteiger partial charge >= 0.3 is 5.97 Å². The second-order valence-electron chi connectivity index (χ2n) is 6.51. The average molecular weight is 365 g/mol. The van der Waals surface area contributed by atoms with Crippen LogP contribution < -0.4 is 5.32 Å². The van der Waals surface area contributed by atoms with Crippen molar-refractivity contribution in [2.24, 2.45) is 0 Å². The van der Waals surface area contributed by atoms with Crippen LogP contribution in [0.2, 0.25) is 0 Å². The standard InChI is InChI=1S/C21H23N3O3/c1-14-7-9-15(10-8-14)18(13-21(26)27-2)24-20(25)12-11-19-22-16-5-3-4-6-17(16)23-19/h3-10,18H,11-13H2,1-2H3,(H,22,23)(H,24,25)/t18-/m0/s1. The SMILES string of the molecule is COC(=O)C[C@H](NC(=O)CCc1nc2ccccc2[nH]1)c1ccc(C)cc1. The van der Waals surface area contributed by atoms with Gasteiger partial charge in [0.2, 0.25) is 5.91 Å². The number of hydrogen-bond donors (Lipinski definition) is 2. The monoisotopic (exact) mass is 365 g/mol. The number of carbonyl (C=O) groups excluding carboxylic acids is 2. The molecule has 2 N–H and O–H groups in total. The zero-order valence-electron chi connectivity index (χ0n) is 15.5. The van der Waals surface area contributed by atoms with E-state index in [-0.39, 0.29) is 24.7 Å². The van der Waals surface area contributed by atoms with Crippen LogP contribution in [0.1, 0.15) is 35.8 Å². The molecule has 3 aromatic rings. The summed E-state index contributed by atoms with van der Waals surface area (Å²) >= 11 is 0. The zero-order valence-corrected chi connectivity index (χ0v) is 15.5. The predicted molar refractivity (Wildman–Crippen MR) is 103 cm³/mol. The highest BCUT2D eigenvalue weighted by molar-refractivity contribution is 5.79. The number of aromatic nitrogens is 2. The van der Waals surface area contributed by atoms with E-state index in [1.807, 2.05) is 55.5 Å². The Morgan fingerprint density at radius 1 is 1.15 bits per heavy atom. The third kappa shape index (κ3) is 4.94. The van der Waals surface area contributed by atoms with Crippen LogP contribution in [0.5, 0.6) is 0 Å². The number of ether oxygens (including phenoxy) is 1. The fourth-order valence-corrected chi connectivity index (χ4v) is 2.92.